The lowest BCUT2D eigenvalue weighted by atomic mass is 9.92. The summed E-state index contributed by atoms with van der Waals surface area (Å²) in [7, 11) is 2.14. The number of aryl methyl sites for hydroxylation is 1. The second-order valence-corrected chi connectivity index (χ2v) is 5.91. The van der Waals surface area contributed by atoms with Crippen molar-refractivity contribution in [2.24, 2.45) is 5.92 Å². The lowest BCUT2D eigenvalue weighted by molar-refractivity contribution is 0.0565. The van der Waals surface area contributed by atoms with Gasteiger partial charge in [-0.2, -0.15) is 0 Å². The predicted octanol–water partition coefficient (Wildman–Crippen LogP) is 1.56. The minimum Gasteiger partial charge on any atom is -0.333 e. The van der Waals surface area contributed by atoms with Gasteiger partial charge in [-0.25, -0.2) is 0 Å². The second kappa shape index (κ2) is 4.93. The van der Waals surface area contributed by atoms with Crippen molar-refractivity contribution >= 4 is 5.91 Å². The summed E-state index contributed by atoms with van der Waals surface area (Å²) in [5.41, 5.74) is 1.68. The zero-order valence-corrected chi connectivity index (χ0v) is 11.7. The van der Waals surface area contributed by atoms with Crippen LogP contribution in [0.25, 0.3) is 0 Å². The first-order valence-electron chi connectivity index (χ1n) is 7.07. The van der Waals surface area contributed by atoms with Gasteiger partial charge in [-0.1, -0.05) is 6.07 Å². The largest absolute Gasteiger partial charge is 0.333 e. The van der Waals surface area contributed by atoms with E-state index >= 15 is 0 Å². The molecule has 102 valence electrons. The highest BCUT2D eigenvalue weighted by molar-refractivity contribution is 5.92. The van der Waals surface area contributed by atoms with Crippen LogP contribution in [-0.4, -0.2) is 53.4 Å². The minimum atomic E-state index is 0.102. The lowest BCUT2D eigenvalue weighted by Gasteiger charge is -2.36. The summed E-state index contributed by atoms with van der Waals surface area (Å²) in [6, 6.07) is 4.19. The van der Waals surface area contributed by atoms with Gasteiger partial charge in [-0.15, -0.1) is 0 Å². The number of likely N-dealkylation sites (N-methyl/N-ethyl adjacent to an activating group) is 1. The number of likely N-dealkylation sites (tertiary alicyclic amines) is 2. The summed E-state index contributed by atoms with van der Waals surface area (Å²) in [6.07, 6.45) is 4.14. The highest BCUT2D eigenvalue weighted by Gasteiger charge is 2.40. The van der Waals surface area contributed by atoms with Gasteiger partial charge in [0.25, 0.3) is 5.91 Å². The number of fused-ring (bicyclic) bond motifs is 1. The Morgan fingerprint density at radius 2 is 2.21 bits per heavy atom. The molecule has 0 unspecified atom stereocenters. The quantitative estimate of drug-likeness (QED) is 0.768. The van der Waals surface area contributed by atoms with E-state index in [2.05, 4.69) is 21.8 Å². The molecule has 0 spiro atoms. The van der Waals surface area contributed by atoms with Crippen molar-refractivity contribution in [1.82, 2.24) is 14.8 Å². The van der Waals surface area contributed by atoms with E-state index in [0.29, 0.717) is 17.7 Å². The number of aromatic nitrogens is 1. The van der Waals surface area contributed by atoms with Gasteiger partial charge < -0.3 is 9.80 Å². The molecular formula is C15H21N3O. The van der Waals surface area contributed by atoms with Crippen molar-refractivity contribution in [3.05, 3.63) is 29.6 Å². The van der Waals surface area contributed by atoms with Gasteiger partial charge in [-0.3, -0.25) is 9.78 Å². The Kier molecular flexibility index (Phi) is 3.27. The predicted molar refractivity (Wildman–Crippen MR) is 74.0 cm³/mol. The van der Waals surface area contributed by atoms with E-state index in [0.717, 1.165) is 31.6 Å². The molecule has 2 aliphatic heterocycles. The third-order valence-corrected chi connectivity index (χ3v) is 4.35. The first-order chi connectivity index (χ1) is 9.15. The average Bonchev–Trinajstić information content (AvgIpc) is 2.78. The summed E-state index contributed by atoms with van der Waals surface area (Å²) < 4.78 is 0. The maximum absolute atomic E-state index is 12.6. The number of amides is 1. The fraction of sp³-hybridized carbons (Fsp3) is 0.600. The molecule has 1 amide bonds. The Bertz CT molecular complexity index is 471. The summed E-state index contributed by atoms with van der Waals surface area (Å²) in [6.45, 7) is 4.99. The molecule has 2 saturated heterocycles. The molecule has 2 atom stereocenters. The molecule has 2 fully saturated rings. The van der Waals surface area contributed by atoms with E-state index in [1.54, 1.807) is 6.20 Å². The van der Waals surface area contributed by atoms with Crippen LogP contribution in [0.3, 0.4) is 0 Å². The molecule has 4 nitrogen and oxygen atoms in total. The fourth-order valence-electron chi connectivity index (χ4n) is 3.38. The Morgan fingerprint density at radius 1 is 1.37 bits per heavy atom. The molecule has 19 heavy (non-hydrogen) atoms. The van der Waals surface area contributed by atoms with E-state index in [9.17, 15) is 4.79 Å². The minimum absolute atomic E-state index is 0.102. The fourth-order valence-corrected chi connectivity index (χ4v) is 3.38. The SMILES string of the molecule is Cc1ccc(C(=O)N2CCC[C@H]3CN(C)C[C@H]32)nc1. The monoisotopic (exact) mass is 259 g/mol. The van der Waals surface area contributed by atoms with Crippen molar-refractivity contribution in [1.29, 1.82) is 0 Å². The van der Waals surface area contributed by atoms with Crippen LogP contribution in [0.15, 0.2) is 18.3 Å². The highest BCUT2D eigenvalue weighted by Crippen LogP contribution is 2.30. The standard InChI is InChI=1S/C15H21N3O/c1-11-5-6-13(16-8-11)15(19)18-7-3-4-12-9-17(2)10-14(12)18/h5-6,8,12,14H,3-4,7,9-10H2,1-2H3/t12-,14+/m0/s1. The molecule has 0 aromatic carbocycles. The number of hydrogen-bond donors (Lipinski definition) is 0. The third kappa shape index (κ3) is 2.37. The van der Waals surface area contributed by atoms with Gasteiger partial charge in [0.05, 0.1) is 0 Å². The molecule has 0 bridgehead atoms. The molecule has 0 N–H and O–H groups in total. The summed E-state index contributed by atoms with van der Waals surface area (Å²) in [4.78, 5) is 21.3. The van der Waals surface area contributed by atoms with Crippen LogP contribution in [-0.2, 0) is 0 Å². The van der Waals surface area contributed by atoms with Gasteiger partial charge in [0.2, 0.25) is 0 Å². The Morgan fingerprint density at radius 3 is 2.95 bits per heavy atom. The number of hydrogen-bond acceptors (Lipinski definition) is 3. The smallest absolute Gasteiger partial charge is 0.272 e. The summed E-state index contributed by atoms with van der Waals surface area (Å²) in [5.74, 6) is 0.748. The molecule has 4 heteroatoms. The number of pyridine rings is 1. The molecule has 0 aliphatic carbocycles. The molecule has 3 heterocycles. The lowest BCUT2D eigenvalue weighted by Crippen LogP contribution is -2.48. The Balaban J connectivity index is 1.80. The van der Waals surface area contributed by atoms with Gasteiger partial charge in [-0.05, 0) is 44.4 Å². The van der Waals surface area contributed by atoms with E-state index in [-0.39, 0.29) is 5.91 Å². The molecular weight excluding hydrogens is 238 g/mol. The van der Waals surface area contributed by atoms with Crippen molar-refractivity contribution in [3.8, 4) is 0 Å². The third-order valence-electron chi connectivity index (χ3n) is 4.35. The van der Waals surface area contributed by atoms with E-state index in [1.165, 1.54) is 6.42 Å². The van der Waals surface area contributed by atoms with Crippen molar-refractivity contribution in [3.63, 3.8) is 0 Å². The number of nitrogens with zero attached hydrogens (tertiary/aromatic N) is 3. The zero-order chi connectivity index (χ0) is 13.4. The average molecular weight is 259 g/mol. The maximum atomic E-state index is 12.6. The van der Waals surface area contributed by atoms with E-state index < -0.39 is 0 Å². The molecule has 0 saturated carbocycles. The molecule has 1 aromatic heterocycles. The van der Waals surface area contributed by atoms with Gasteiger partial charge in [0, 0.05) is 31.9 Å². The summed E-state index contributed by atoms with van der Waals surface area (Å²) in [5, 5.41) is 0. The van der Waals surface area contributed by atoms with Crippen LogP contribution >= 0.6 is 0 Å². The first kappa shape index (κ1) is 12.6. The number of piperidine rings is 1. The zero-order valence-electron chi connectivity index (χ0n) is 11.7. The van der Waals surface area contributed by atoms with Crippen molar-refractivity contribution in [2.45, 2.75) is 25.8 Å². The number of carbonyl (C=O) groups excluding carboxylic acids is 1. The normalized spacial score (nSPS) is 27.4. The van der Waals surface area contributed by atoms with Gasteiger partial charge >= 0.3 is 0 Å². The van der Waals surface area contributed by atoms with Crippen molar-refractivity contribution < 1.29 is 4.79 Å². The van der Waals surface area contributed by atoms with Crippen LogP contribution in [0.4, 0.5) is 0 Å². The number of carbonyl (C=O) groups is 1. The first-order valence-corrected chi connectivity index (χ1v) is 7.07. The Labute approximate surface area is 114 Å². The second-order valence-electron chi connectivity index (χ2n) is 5.91. The number of rotatable bonds is 1. The van der Waals surface area contributed by atoms with Gasteiger partial charge in [0.1, 0.15) is 5.69 Å². The molecule has 3 rings (SSSR count). The van der Waals surface area contributed by atoms with E-state index in [1.807, 2.05) is 19.1 Å². The van der Waals surface area contributed by atoms with Gasteiger partial charge in [0.15, 0.2) is 0 Å². The van der Waals surface area contributed by atoms with E-state index in [4.69, 9.17) is 0 Å². The highest BCUT2D eigenvalue weighted by atomic mass is 16.2. The van der Waals surface area contributed by atoms with Crippen LogP contribution < -0.4 is 0 Å². The molecule has 2 aliphatic rings. The van der Waals surface area contributed by atoms with Crippen LogP contribution in [0.2, 0.25) is 0 Å². The topological polar surface area (TPSA) is 36.4 Å². The Hall–Kier alpha value is -1.42. The van der Waals surface area contributed by atoms with Crippen LogP contribution in [0.5, 0.6) is 0 Å². The van der Waals surface area contributed by atoms with Crippen LogP contribution in [0.1, 0.15) is 28.9 Å². The molecule has 1 aromatic rings. The summed E-state index contributed by atoms with van der Waals surface area (Å²) >= 11 is 0. The van der Waals surface area contributed by atoms with Crippen molar-refractivity contribution in [2.75, 3.05) is 26.7 Å². The maximum Gasteiger partial charge on any atom is 0.272 e. The van der Waals surface area contributed by atoms with Crippen LogP contribution in [0, 0.1) is 12.8 Å². The molecule has 0 radical (unpaired) electrons.